The molecule has 1 rings (SSSR count). The Kier molecular flexibility index (Phi) is 6.42. The topological polar surface area (TPSA) is 23.6 Å². The molecule has 0 aromatic heterocycles. The molecule has 0 unspecified atom stereocenters. The lowest BCUT2D eigenvalue weighted by atomic mass is 10.2. The van der Waals surface area contributed by atoms with E-state index in [0.717, 1.165) is 31.4 Å². The van der Waals surface area contributed by atoms with Crippen molar-refractivity contribution in [3.05, 3.63) is 0 Å². The first-order valence-corrected chi connectivity index (χ1v) is 7.17. The van der Waals surface area contributed by atoms with Gasteiger partial charge in [-0.15, -0.1) is 0 Å². The highest BCUT2D eigenvalue weighted by Gasteiger charge is 2.29. The van der Waals surface area contributed by atoms with Gasteiger partial charge in [0.05, 0.1) is 6.42 Å². The molecular formula is C11H18BrF3N2O. The molecule has 18 heavy (non-hydrogen) atoms. The van der Waals surface area contributed by atoms with Gasteiger partial charge in [-0.05, 0) is 13.0 Å². The van der Waals surface area contributed by atoms with Crippen LogP contribution in [0.2, 0.25) is 0 Å². The number of rotatable bonds is 4. The number of halogens is 4. The predicted octanol–water partition coefficient (Wildman–Crippen LogP) is 2.26. The highest BCUT2D eigenvalue weighted by molar-refractivity contribution is 9.09. The van der Waals surface area contributed by atoms with Crippen molar-refractivity contribution in [3.63, 3.8) is 0 Å². The van der Waals surface area contributed by atoms with Crippen molar-refractivity contribution in [1.82, 2.24) is 9.80 Å². The van der Waals surface area contributed by atoms with Crippen molar-refractivity contribution >= 4 is 21.8 Å². The molecule has 0 saturated carbocycles. The number of nitrogens with zero attached hydrogens (tertiary/aromatic N) is 2. The highest BCUT2D eigenvalue weighted by Crippen LogP contribution is 2.22. The monoisotopic (exact) mass is 330 g/mol. The molecule has 106 valence electrons. The maximum Gasteiger partial charge on any atom is 0.389 e. The molecule has 0 aliphatic carbocycles. The molecule has 1 amide bonds. The summed E-state index contributed by atoms with van der Waals surface area (Å²) in [6.07, 6.45) is -4.87. The van der Waals surface area contributed by atoms with Gasteiger partial charge in [-0.25, -0.2) is 0 Å². The van der Waals surface area contributed by atoms with Crippen molar-refractivity contribution < 1.29 is 18.0 Å². The van der Waals surface area contributed by atoms with Crippen LogP contribution in [-0.2, 0) is 4.79 Å². The van der Waals surface area contributed by atoms with Gasteiger partial charge in [-0.3, -0.25) is 4.79 Å². The Morgan fingerprint density at radius 1 is 1.17 bits per heavy atom. The second kappa shape index (κ2) is 7.33. The fraction of sp³-hybridized carbons (Fsp3) is 0.909. The van der Waals surface area contributed by atoms with E-state index in [2.05, 4.69) is 20.8 Å². The molecule has 3 nitrogen and oxygen atoms in total. The maximum atomic E-state index is 12.0. The minimum Gasteiger partial charge on any atom is -0.341 e. The molecule has 0 bridgehead atoms. The lowest BCUT2D eigenvalue weighted by Crippen LogP contribution is -2.36. The molecular weight excluding hydrogens is 313 g/mol. The van der Waals surface area contributed by atoms with Crippen LogP contribution in [-0.4, -0.2) is 59.9 Å². The van der Waals surface area contributed by atoms with Crippen molar-refractivity contribution in [2.75, 3.05) is 38.1 Å². The maximum absolute atomic E-state index is 12.0. The minimum absolute atomic E-state index is 0.381. The zero-order valence-electron chi connectivity index (χ0n) is 10.2. The van der Waals surface area contributed by atoms with Crippen LogP contribution < -0.4 is 0 Å². The van der Waals surface area contributed by atoms with E-state index in [-0.39, 0.29) is 5.91 Å². The molecule has 1 aliphatic heterocycles. The lowest BCUT2D eigenvalue weighted by Gasteiger charge is -2.21. The number of alkyl halides is 4. The Labute approximate surface area is 113 Å². The summed E-state index contributed by atoms with van der Waals surface area (Å²) < 4.78 is 36.1. The quantitative estimate of drug-likeness (QED) is 0.738. The van der Waals surface area contributed by atoms with Gasteiger partial charge in [0.25, 0.3) is 0 Å². The van der Waals surface area contributed by atoms with Crippen LogP contribution >= 0.6 is 15.9 Å². The van der Waals surface area contributed by atoms with Gasteiger partial charge >= 0.3 is 6.18 Å². The molecule has 1 fully saturated rings. The average Bonchev–Trinajstić information content (AvgIpc) is 2.51. The third-order valence-electron chi connectivity index (χ3n) is 2.96. The molecule has 7 heteroatoms. The van der Waals surface area contributed by atoms with Crippen LogP contribution in [0.25, 0.3) is 0 Å². The summed E-state index contributed by atoms with van der Waals surface area (Å²) >= 11 is 3.35. The summed E-state index contributed by atoms with van der Waals surface area (Å²) in [4.78, 5) is 15.4. The van der Waals surface area contributed by atoms with Crippen LogP contribution in [0.3, 0.4) is 0 Å². The standard InChI is InChI=1S/C11H18BrF3N2O/c12-4-7-16-5-1-6-17(9-8-16)10(18)2-3-11(13,14)15/h1-9H2. The van der Waals surface area contributed by atoms with Gasteiger partial charge < -0.3 is 9.80 Å². The molecule has 0 radical (unpaired) electrons. The Balaban J connectivity index is 2.35. The largest absolute Gasteiger partial charge is 0.389 e. The van der Waals surface area contributed by atoms with Crippen molar-refractivity contribution in [2.45, 2.75) is 25.4 Å². The lowest BCUT2D eigenvalue weighted by molar-refractivity contribution is -0.149. The van der Waals surface area contributed by atoms with Gasteiger partial charge in [0.2, 0.25) is 5.91 Å². The first kappa shape index (κ1) is 15.8. The molecule has 0 aromatic rings. The van der Waals surface area contributed by atoms with Crippen LogP contribution in [0.4, 0.5) is 13.2 Å². The summed E-state index contributed by atoms with van der Waals surface area (Å²) in [7, 11) is 0. The zero-order chi connectivity index (χ0) is 13.6. The van der Waals surface area contributed by atoms with E-state index >= 15 is 0 Å². The van der Waals surface area contributed by atoms with Gasteiger partial charge in [-0.2, -0.15) is 13.2 Å². The first-order valence-electron chi connectivity index (χ1n) is 6.05. The third kappa shape index (κ3) is 6.04. The Morgan fingerprint density at radius 3 is 2.50 bits per heavy atom. The summed E-state index contributed by atoms with van der Waals surface area (Å²) in [5.74, 6) is -0.381. The van der Waals surface area contributed by atoms with Gasteiger partial charge in [0, 0.05) is 37.9 Å². The van der Waals surface area contributed by atoms with E-state index < -0.39 is 19.0 Å². The first-order chi connectivity index (χ1) is 8.42. The van der Waals surface area contributed by atoms with Crippen LogP contribution in [0.1, 0.15) is 19.3 Å². The fourth-order valence-corrected chi connectivity index (χ4v) is 2.47. The van der Waals surface area contributed by atoms with Gasteiger partial charge in [-0.1, -0.05) is 15.9 Å². The van der Waals surface area contributed by atoms with Crippen molar-refractivity contribution in [1.29, 1.82) is 0 Å². The number of hydrogen-bond acceptors (Lipinski definition) is 2. The molecule has 0 spiro atoms. The van der Waals surface area contributed by atoms with Gasteiger partial charge in [0.1, 0.15) is 0 Å². The number of carbonyl (C=O) groups is 1. The Hall–Kier alpha value is -0.300. The van der Waals surface area contributed by atoms with E-state index in [9.17, 15) is 18.0 Å². The SMILES string of the molecule is O=C(CCC(F)(F)F)N1CCCN(CCBr)CC1. The second-order valence-corrected chi connectivity index (χ2v) is 5.17. The molecule has 1 aliphatic rings. The zero-order valence-corrected chi connectivity index (χ0v) is 11.8. The van der Waals surface area contributed by atoms with Crippen LogP contribution in [0, 0.1) is 0 Å². The normalized spacial score (nSPS) is 18.8. The summed E-state index contributed by atoms with van der Waals surface area (Å²) in [6.45, 7) is 3.64. The highest BCUT2D eigenvalue weighted by atomic mass is 79.9. The minimum atomic E-state index is -4.25. The number of carbonyl (C=O) groups excluding carboxylic acids is 1. The Morgan fingerprint density at radius 2 is 1.89 bits per heavy atom. The molecule has 0 N–H and O–H groups in total. The van der Waals surface area contributed by atoms with Crippen molar-refractivity contribution in [2.24, 2.45) is 0 Å². The summed E-state index contributed by atoms with van der Waals surface area (Å²) in [5.41, 5.74) is 0. The number of hydrogen-bond donors (Lipinski definition) is 0. The second-order valence-electron chi connectivity index (χ2n) is 4.38. The van der Waals surface area contributed by atoms with E-state index in [1.807, 2.05) is 0 Å². The molecule has 0 aromatic carbocycles. The smallest absolute Gasteiger partial charge is 0.341 e. The molecule has 1 heterocycles. The Bertz CT molecular complexity index is 274. The summed E-state index contributed by atoms with van der Waals surface area (Å²) in [5, 5.41) is 0.870. The molecule has 1 saturated heterocycles. The average molecular weight is 331 g/mol. The van der Waals surface area contributed by atoms with Gasteiger partial charge in [0.15, 0.2) is 0 Å². The summed E-state index contributed by atoms with van der Waals surface area (Å²) in [6, 6.07) is 0. The fourth-order valence-electron chi connectivity index (χ4n) is 1.97. The van der Waals surface area contributed by atoms with Crippen molar-refractivity contribution in [3.8, 4) is 0 Å². The number of amides is 1. The van der Waals surface area contributed by atoms with E-state index in [1.54, 1.807) is 4.90 Å². The molecule has 0 atom stereocenters. The van der Waals surface area contributed by atoms with Crippen LogP contribution in [0.15, 0.2) is 0 Å². The van der Waals surface area contributed by atoms with Crippen LogP contribution in [0.5, 0.6) is 0 Å². The van der Waals surface area contributed by atoms with E-state index in [0.29, 0.717) is 13.1 Å². The van der Waals surface area contributed by atoms with E-state index in [4.69, 9.17) is 0 Å². The third-order valence-corrected chi connectivity index (χ3v) is 3.32. The van der Waals surface area contributed by atoms with E-state index in [1.165, 1.54) is 0 Å². The predicted molar refractivity (Wildman–Crippen MR) is 66.7 cm³/mol.